The molecule has 0 heterocycles. The van der Waals surface area contributed by atoms with Gasteiger partial charge >= 0.3 is 6.03 Å². The van der Waals surface area contributed by atoms with Crippen molar-refractivity contribution in [3.63, 3.8) is 0 Å². The van der Waals surface area contributed by atoms with Crippen molar-refractivity contribution in [1.29, 1.82) is 0 Å². The van der Waals surface area contributed by atoms with Gasteiger partial charge in [-0.3, -0.25) is 0 Å². The summed E-state index contributed by atoms with van der Waals surface area (Å²) in [6.07, 6.45) is 13.7. The van der Waals surface area contributed by atoms with Gasteiger partial charge in [-0.25, -0.2) is 17.9 Å². The highest BCUT2D eigenvalue weighted by Gasteiger charge is 2.61. The molecule has 0 radical (unpaired) electrons. The molecule has 230 valence electrons. The molecule has 1 aromatic rings. The van der Waals surface area contributed by atoms with Crippen molar-refractivity contribution in [2.75, 3.05) is 6.54 Å². The van der Waals surface area contributed by atoms with Gasteiger partial charge in [0.1, 0.15) is 0 Å². The number of fused-ring (bicyclic) bond motifs is 5. The number of nitrogens with one attached hydrogen (secondary N) is 2. The predicted octanol–water partition coefficient (Wildman–Crippen LogP) is 8.29. The SMILES string of the molecule is CC[C@H]1C[C@H]2C3CCC([C@H](C)CNC(=O)NS(=O)(=O)c4cccc(C(C)(C)C)c4)[C@@]3(C)CC[C@@H]2[C@@]2(C)CCCC[C@@H]12. The Morgan fingerprint density at radius 3 is 2.44 bits per heavy atom. The zero-order valence-corrected chi connectivity index (χ0v) is 27.6. The molecule has 4 aliphatic carbocycles. The minimum absolute atomic E-state index is 0.128. The van der Waals surface area contributed by atoms with E-state index < -0.39 is 16.1 Å². The Morgan fingerprint density at radius 2 is 1.73 bits per heavy atom. The van der Waals surface area contributed by atoms with Crippen LogP contribution in [0.25, 0.3) is 0 Å². The fourth-order valence-corrected chi connectivity index (χ4v) is 11.7. The Balaban J connectivity index is 1.23. The van der Waals surface area contributed by atoms with Gasteiger partial charge in [-0.1, -0.05) is 79.9 Å². The number of carbonyl (C=O) groups is 1. The maximum atomic E-state index is 13.0. The molecule has 4 fully saturated rings. The summed E-state index contributed by atoms with van der Waals surface area (Å²) in [5.74, 6) is 5.20. The first-order valence-electron chi connectivity index (χ1n) is 16.6. The Hall–Kier alpha value is -1.56. The minimum atomic E-state index is -3.94. The quantitative estimate of drug-likeness (QED) is 0.353. The van der Waals surface area contributed by atoms with Crippen LogP contribution < -0.4 is 10.0 Å². The van der Waals surface area contributed by atoms with Crippen LogP contribution in [0.4, 0.5) is 4.79 Å². The summed E-state index contributed by atoms with van der Waals surface area (Å²) in [6, 6.07) is 6.25. The average Bonchev–Trinajstić information content (AvgIpc) is 3.28. The lowest BCUT2D eigenvalue weighted by Gasteiger charge is -2.63. The van der Waals surface area contributed by atoms with E-state index >= 15 is 0 Å². The average molecular weight is 585 g/mol. The monoisotopic (exact) mass is 584 g/mol. The maximum Gasteiger partial charge on any atom is 0.328 e. The number of amides is 2. The summed E-state index contributed by atoms with van der Waals surface area (Å²) in [5, 5.41) is 2.93. The molecule has 5 rings (SSSR count). The molecule has 5 nitrogen and oxygen atoms in total. The van der Waals surface area contributed by atoms with Crippen LogP contribution in [0.3, 0.4) is 0 Å². The highest BCUT2D eigenvalue weighted by Crippen LogP contribution is 2.69. The van der Waals surface area contributed by atoms with Gasteiger partial charge in [0.25, 0.3) is 10.0 Å². The van der Waals surface area contributed by atoms with Crippen LogP contribution in [-0.2, 0) is 15.4 Å². The number of hydrogen-bond donors (Lipinski definition) is 2. The first-order chi connectivity index (χ1) is 19.2. The van der Waals surface area contributed by atoms with Gasteiger partial charge < -0.3 is 5.32 Å². The molecule has 0 aromatic heterocycles. The number of sulfonamides is 1. The van der Waals surface area contributed by atoms with E-state index in [1.54, 1.807) is 18.2 Å². The van der Waals surface area contributed by atoms with Crippen molar-refractivity contribution in [3.05, 3.63) is 29.8 Å². The smallest absolute Gasteiger partial charge is 0.328 e. The van der Waals surface area contributed by atoms with E-state index in [4.69, 9.17) is 0 Å². The summed E-state index contributed by atoms with van der Waals surface area (Å²) in [4.78, 5) is 12.9. The van der Waals surface area contributed by atoms with Gasteiger partial charge in [0.05, 0.1) is 4.90 Å². The third-order valence-corrected chi connectivity index (χ3v) is 14.2. The molecule has 0 saturated heterocycles. The summed E-state index contributed by atoms with van der Waals surface area (Å²) in [5.41, 5.74) is 1.59. The zero-order valence-electron chi connectivity index (χ0n) is 26.8. The first-order valence-corrected chi connectivity index (χ1v) is 18.1. The van der Waals surface area contributed by atoms with E-state index in [2.05, 4.69) is 37.7 Å². The van der Waals surface area contributed by atoms with Crippen molar-refractivity contribution >= 4 is 16.1 Å². The Morgan fingerprint density at radius 1 is 1.00 bits per heavy atom. The second-order valence-corrected chi connectivity index (χ2v) is 17.6. The molecule has 2 N–H and O–H groups in total. The number of benzene rings is 1. The van der Waals surface area contributed by atoms with Gasteiger partial charge in [0.15, 0.2) is 0 Å². The molecule has 0 spiro atoms. The molecule has 0 aliphatic heterocycles. The standard InChI is InChI=1S/C35H56N2O3S/c1-8-24-20-27-30-16-15-28(35(30,7)19-17-31(27)34(6)18-10-9-14-29(24)34)23(2)22-36-32(38)37-41(39,40)26-13-11-12-25(21-26)33(3,4)5/h11-13,21,23-24,27-31H,8-10,14-20,22H2,1-7H3,(H2,36,37,38)/t23-,24+,27+,28?,29+,30?,31+,34+,35-/m1/s1. The van der Waals surface area contributed by atoms with E-state index in [0.717, 1.165) is 35.2 Å². The summed E-state index contributed by atoms with van der Waals surface area (Å²) < 4.78 is 28.3. The van der Waals surface area contributed by atoms with Gasteiger partial charge in [0, 0.05) is 6.54 Å². The number of rotatable bonds is 6. The fraction of sp³-hybridized carbons (Fsp3) is 0.800. The molecule has 4 aliphatic rings. The van der Waals surface area contributed by atoms with Crippen molar-refractivity contribution in [3.8, 4) is 0 Å². The highest BCUT2D eigenvalue weighted by atomic mass is 32.2. The van der Waals surface area contributed by atoms with Crippen LogP contribution >= 0.6 is 0 Å². The third-order valence-electron chi connectivity index (χ3n) is 12.9. The number of carbonyl (C=O) groups excluding carboxylic acids is 1. The minimum Gasteiger partial charge on any atom is -0.337 e. The predicted molar refractivity (Wildman–Crippen MR) is 167 cm³/mol. The van der Waals surface area contributed by atoms with Gasteiger partial charge in [-0.15, -0.1) is 0 Å². The maximum absolute atomic E-state index is 13.0. The molecule has 0 bridgehead atoms. The van der Waals surface area contributed by atoms with Crippen LogP contribution in [0.5, 0.6) is 0 Å². The summed E-state index contributed by atoms with van der Waals surface area (Å²) in [6.45, 7) is 16.6. The van der Waals surface area contributed by atoms with Crippen LogP contribution in [0.15, 0.2) is 29.2 Å². The number of hydrogen-bond acceptors (Lipinski definition) is 3. The van der Waals surface area contributed by atoms with Crippen LogP contribution in [0.1, 0.15) is 118 Å². The molecular weight excluding hydrogens is 528 g/mol. The van der Waals surface area contributed by atoms with Crippen molar-refractivity contribution in [2.24, 2.45) is 52.3 Å². The van der Waals surface area contributed by atoms with Crippen molar-refractivity contribution in [2.45, 2.75) is 123 Å². The molecular formula is C35H56N2O3S. The van der Waals surface area contributed by atoms with Gasteiger partial charge in [0.2, 0.25) is 0 Å². The molecule has 4 saturated carbocycles. The Bertz CT molecular complexity index is 1220. The lowest BCUT2D eigenvalue weighted by atomic mass is 9.42. The first kappa shape index (κ1) is 30.9. The van der Waals surface area contributed by atoms with E-state index in [1.807, 2.05) is 26.8 Å². The fourth-order valence-electron chi connectivity index (χ4n) is 10.7. The third kappa shape index (κ3) is 5.60. The van der Waals surface area contributed by atoms with Crippen molar-refractivity contribution < 1.29 is 13.2 Å². The van der Waals surface area contributed by atoms with Crippen molar-refractivity contribution in [1.82, 2.24) is 10.0 Å². The zero-order chi connectivity index (χ0) is 29.8. The van der Waals surface area contributed by atoms with Gasteiger partial charge in [-0.2, -0.15) is 0 Å². The second-order valence-electron chi connectivity index (χ2n) is 15.9. The van der Waals surface area contributed by atoms with E-state index in [-0.39, 0.29) is 10.3 Å². The van der Waals surface area contributed by atoms with Crippen LogP contribution in [0, 0.1) is 52.3 Å². The summed E-state index contributed by atoms with van der Waals surface area (Å²) >= 11 is 0. The van der Waals surface area contributed by atoms with E-state index in [9.17, 15) is 13.2 Å². The van der Waals surface area contributed by atoms with Crippen LogP contribution in [-0.4, -0.2) is 21.0 Å². The summed E-state index contributed by atoms with van der Waals surface area (Å²) in [7, 11) is -3.94. The molecule has 2 unspecified atom stereocenters. The van der Waals surface area contributed by atoms with Gasteiger partial charge in [-0.05, 0) is 120 Å². The largest absolute Gasteiger partial charge is 0.337 e. The van der Waals surface area contributed by atoms with E-state index in [0.29, 0.717) is 29.2 Å². The Kier molecular flexibility index (Phi) is 8.42. The molecule has 1 aromatic carbocycles. The molecule has 2 amide bonds. The number of urea groups is 1. The second kappa shape index (κ2) is 11.2. The molecule has 9 atom stereocenters. The van der Waals surface area contributed by atoms with Crippen LogP contribution in [0.2, 0.25) is 0 Å². The highest BCUT2D eigenvalue weighted by molar-refractivity contribution is 7.90. The molecule has 41 heavy (non-hydrogen) atoms. The lowest BCUT2D eigenvalue weighted by Crippen LogP contribution is -2.55. The topological polar surface area (TPSA) is 75.3 Å². The molecule has 6 heteroatoms. The normalized spacial score (nSPS) is 37.8. The van der Waals surface area contributed by atoms with E-state index in [1.165, 1.54) is 64.2 Å². The lowest BCUT2D eigenvalue weighted by molar-refractivity contribution is -0.137. The Labute approximate surface area is 250 Å².